The minimum absolute atomic E-state index is 0.0338. The molecule has 160 valence electrons. The second kappa shape index (κ2) is 8.99. The van der Waals surface area contributed by atoms with Crippen LogP contribution in [0, 0.1) is 16.0 Å². The van der Waals surface area contributed by atoms with Gasteiger partial charge < -0.3 is 10.1 Å². The molecule has 0 radical (unpaired) electrons. The Balaban J connectivity index is 1.75. The van der Waals surface area contributed by atoms with Gasteiger partial charge in [0, 0.05) is 24.2 Å². The van der Waals surface area contributed by atoms with Crippen molar-refractivity contribution in [3.8, 4) is 5.75 Å². The molecular formula is C19H20ClN3O6S. The first-order chi connectivity index (χ1) is 14.2. The quantitative estimate of drug-likeness (QED) is 0.529. The van der Waals surface area contributed by atoms with Crippen molar-refractivity contribution >= 4 is 38.9 Å². The van der Waals surface area contributed by atoms with Crippen molar-refractivity contribution in [2.45, 2.75) is 17.7 Å². The average molecular weight is 454 g/mol. The molecule has 1 N–H and O–H groups in total. The Labute approximate surface area is 178 Å². The summed E-state index contributed by atoms with van der Waals surface area (Å²) in [5, 5.41) is 14.0. The van der Waals surface area contributed by atoms with Gasteiger partial charge in [0.05, 0.1) is 34.6 Å². The van der Waals surface area contributed by atoms with Crippen molar-refractivity contribution in [1.29, 1.82) is 0 Å². The number of nitro benzene ring substituents is 1. The largest absolute Gasteiger partial charge is 0.494 e. The maximum atomic E-state index is 12.9. The zero-order valence-corrected chi connectivity index (χ0v) is 17.6. The Morgan fingerprint density at radius 2 is 1.97 bits per heavy atom. The van der Waals surface area contributed by atoms with E-state index in [1.807, 2.05) is 0 Å². The number of rotatable bonds is 6. The summed E-state index contributed by atoms with van der Waals surface area (Å²) in [6, 6.07) is 9.74. The van der Waals surface area contributed by atoms with Gasteiger partial charge in [-0.3, -0.25) is 14.9 Å². The van der Waals surface area contributed by atoms with Crippen LogP contribution >= 0.6 is 11.6 Å². The summed E-state index contributed by atoms with van der Waals surface area (Å²) in [4.78, 5) is 23.2. The van der Waals surface area contributed by atoms with Crippen LogP contribution in [-0.4, -0.2) is 43.8 Å². The van der Waals surface area contributed by atoms with Crippen molar-refractivity contribution < 1.29 is 22.9 Å². The first kappa shape index (κ1) is 22.0. The smallest absolute Gasteiger partial charge is 0.273 e. The van der Waals surface area contributed by atoms with Gasteiger partial charge in [-0.05, 0) is 43.2 Å². The fourth-order valence-electron chi connectivity index (χ4n) is 3.26. The van der Waals surface area contributed by atoms with Crippen molar-refractivity contribution in [3.05, 3.63) is 57.6 Å². The number of piperidine rings is 1. The number of nitro groups is 1. The van der Waals surface area contributed by atoms with Gasteiger partial charge in [-0.25, -0.2) is 8.42 Å². The third kappa shape index (κ3) is 4.72. The number of ether oxygens (including phenoxy) is 1. The lowest BCUT2D eigenvalue weighted by molar-refractivity contribution is -0.384. The molecule has 1 fully saturated rings. The number of hydrogen-bond donors (Lipinski definition) is 1. The number of halogens is 1. The number of carbonyl (C=O) groups excluding carboxylic acids is 1. The molecule has 1 aliphatic heterocycles. The molecule has 0 bridgehead atoms. The summed E-state index contributed by atoms with van der Waals surface area (Å²) in [5.74, 6) is -0.794. The van der Waals surface area contributed by atoms with Gasteiger partial charge in [0.25, 0.3) is 5.69 Å². The summed E-state index contributed by atoms with van der Waals surface area (Å²) >= 11 is 5.83. The molecule has 0 aromatic heterocycles. The first-order valence-electron chi connectivity index (χ1n) is 9.11. The summed E-state index contributed by atoms with van der Waals surface area (Å²) in [6.07, 6.45) is 1.05. The fraction of sp³-hybridized carbons (Fsp3) is 0.316. The van der Waals surface area contributed by atoms with Gasteiger partial charge in [0.15, 0.2) is 0 Å². The van der Waals surface area contributed by atoms with E-state index in [9.17, 15) is 23.3 Å². The predicted octanol–water partition coefficient (Wildman–Crippen LogP) is 3.30. The van der Waals surface area contributed by atoms with E-state index in [4.69, 9.17) is 16.3 Å². The van der Waals surface area contributed by atoms with Gasteiger partial charge in [-0.2, -0.15) is 4.31 Å². The van der Waals surface area contributed by atoms with Crippen LogP contribution in [0.2, 0.25) is 5.02 Å². The molecule has 1 aliphatic rings. The molecular weight excluding hydrogens is 434 g/mol. The normalized spacial score (nSPS) is 17.3. The van der Waals surface area contributed by atoms with Crippen molar-refractivity contribution in [2.75, 3.05) is 25.5 Å². The molecule has 9 nitrogen and oxygen atoms in total. The molecule has 1 saturated heterocycles. The number of methoxy groups -OCH3 is 1. The molecule has 0 spiro atoms. The summed E-state index contributed by atoms with van der Waals surface area (Å²) in [7, 11) is -2.41. The molecule has 2 aromatic rings. The number of nitrogens with one attached hydrogen (secondary N) is 1. The third-order valence-corrected chi connectivity index (χ3v) is 6.99. The van der Waals surface area contributed by atoms with Crippen molar-refractivity contribution in [1.82, 2.24) is 4.31 Å². The highest BCUT2D eigenvalue weighted by atomic mass is 35.5. The SMILES string of the molecule is COc1cc([N+](=O)[O-])ccc1NC(=O)C1CCCN(S(=O)(=O)c2ccc(Cl)cc2)C1. The molecule has 1 unspecified atom stereocenters. The summed E-state index contributed by atoms with van der Waals surface area (Å²) in [6.45, 7) is 0.349. The lowest BCUT2D eigenvalue weighted by Gasteiger charge is -2.31. The van der Waals surface area contributed by atoms with Crippen LogP contribution in [-0.2, 0) is 14.8 Å². The molecule has 1 amide bonds. The number of benzene rings is 2. The topological polar surface area (TPSA) is 119 Å². The van der Waals surface area contributed by atoms with E-state index in [0.29, 0.717) is 24.4 Å². The van der Waals surface area contributed by atoms with Gasteiger partial charge >= 0.3 is 0 Å². The number of amides is 1. The molecule has 3 rings (SSSR count). The monoisotopic (exact) mass is 453 g/mol. The highest BCUT2D eigenvalue weighted by Gasteiger charge is 2.33. The van der Waals surface area contributed by atoms with Crippen LogP contribution in [0.3, 0.4) is 0 Å². The van der Waals surface area contributed by atoms with E-state index < -0.39 is 20.9 Å². The van der Waals surface area contributed by atoms with Crippen LogP contribution in [0.25, 0.3) is 0 Å². The highest BCUT2D eigenvalue weighted by Crippen LogP contribution is 2.31. The van der Waals surface area contributed by atoms with E-state index in [1.54, 1.807) is 0 Å². The Bertz CT molecular complexity index is 1060. The van der Waals surface area contributed by atoms with Crippen LogP contribution in [0.4, 0.5) is 11.4 Å². The molecule has 1 atom stereocenters. The van der Waals surface area contributed by atoms with Gasteiger partial charge in [-0.1, -0.05) is 11.6 Å². The Kier molecular flexibility index (Phi) is 6.59. The molecule has 0 saturated carbocycles. The third-order valence-electron chi connectivity index (χ3n) is 4.86. The van der Waals surface area contributed by atoms with E-state index in [0.717, 1.165) is 0 Å². The van der Waals surface area contributed by atoms with Crippen LogP contribution in [0.15, 0.2) is 47.4 Å². The lowest BCUT2D eigenvalue weighted by Crippen LogP contribution is -2.43. The van der Waals surface area contributed by atoms with E-state index >= 15 is 0 Å². The van der Waals surface area contributed by atoms with Crippen LogP contribution in [0.5, 0.6) is 5.75 Å². The number of non-ortho nitro benzene ring substituents is 1. The zero-order valence-electron chi connectivity index (χ0n) is 16.1. The Morgan fingerprint density at radius 3 is 2.60 bits per heavy atom. The number of sulfonamides is 1. The van der Waals surface area contributed by atoms with Gasteiger partial charge in [0.1, 0.15) is 5.75 Å². The van der Waals surface area contributed by atoms with Crippen LogP contribution in [0.1, 0.15) is 12.8 Å². The number of hydrogen-bond acceptors (Lipinski definition) is 6. The number of carbonyl (C=O) groups is 1. The van der Waals surface area contributed by atoms with Crippen LogP contribution < -0.4 is 10.1 Å². The van der Waals surface area contributed by atoms with E-state index in [-0.39, 0.29) is 34.5 Å². The number of anilines is 1. The molecule has 0 aliphatic carbocycles. The van der Waals surface area contributed by atoms with Gasteiger partial charge in [-0.15, -0.1) is 0 Å². The van der Waals surface area contributed by atoms with E-state index in [1.165, 1.54) is 53.9 Å². The summed E-state index contributed by atoms with van der Waals surface area (Å²) < 4.78 is 32.2. The Morgan fingerprint density at radius 1 is 1.27 bits per heavy atom. The van der Waals surface area contributed by atoms with Crippen molar-refractivity contribution in [3.63, 3.8) is 0 Å². The highest BCUT2D eigenvalue weighted by molar-refractivity contribution is 7.89. The average Bonchev–Trinajstić information content (AvgIpc) is 2.74. The molecule has 11 heteroatoms. The molecule has 30 heavy (non-hydrogen) atoms. The molecule has 1 heterocycles. The minimum atomic E-state index is -3.75. The minimum Gasteiger partial charge on any atom is -0.494 e. The second-order valence-corrected chi connectivity index (χ2v) is 9.16. The summed E-state index contributed by atoms with van der Waals surface area (Å²) in [5.41, 5.74) is 0.119. The predicted molar refractivity (Wildman–Crippen MR) is 111 cm³/mol. The lowest BCUT2D eigenvalue weighted by atomic mass is 9.98. The maximum Gasteiger partial charge on any atom is 0.273 e. The fourth-order valence-corrected chi connectivity index (χ4v) is 4.91. The van der Waals surface area contributed by atoms with Crippen molar-refractivity contribution in [2.24, 2.45) is 5.92 Å². The molecule has 2 aromatic carbocycles. The van der Waals surface area contributed by atoms with E-state index in [2.05, 4.69) is 5.32 Å². The van der Waals surface area contributed by atoms with Gasteiger partial charge in [0.2, 0.25) is 15.9 Å². The second-order valence-electron chi connectivity index (χ2n) is 6.79. The Hall–Kier alpha value is -2.69. The standard InChI is InChI=1S/C19H20ClN3O6S/c1-29-18-11-15(23(25)26)6-9-17(18)21-19(24)13-3-2-10-22(12-13)30(27,28)16-7-4-14(20)5-8-16/h4-9,11,13H,2-3,10,12H2,1H3,(H,21,24). The first-order valence-corrected chi connectivity index (χ1v) is 10.9. The maximum absolute atomic E-state index is 12.9. The zero-order chi connectivity index (χ0) is 21.9. The number of nitrogens with zero attached hydrogens (tertiary/aromatic N) is 2.